The van der Waals surface area contributed by atoms with Crippen LogP contribution in [-0.2, 0) is 0 Å². The molecule has 0 aliphatic heterocycles. The van der Waals surface area contributed by atoms with Crippen molar-refractivity contribution in [2.75, 3.05) is 0 Å². The first-order valence-corrected chi connectivity index (χ1v) is 6.18. The van der Waals surface area contributed by atoms with Gasteiger partial charge in [0.1, 0.15) is 0 Å². The molecule has 0 N–H and O–H groups in total. The summed E-state index contributed by atoms with van der Waals surface area (Å²) in [4.78, 5) is 0. The first-order chi connectivity index (χ1) is 7.13. The summed E-state index contributed by atoms with van der Waals surface area (Å²) in [7, 11) is 0. The van der Waals surface area contributed by atoms with Crippen molar-refractivity contribution < 1.29 is 0 Å². The van der Waals surface area contributed by atoms with Gasteiger partial charge in [-0.15, -0.1) is 0 Å². The third kappa shape index (κ3) is 4.07. The molecule has 1 rings (SSSR count). The van der Waals surface area contributed by atoms with E-state index in [-0.39, 0.29) is 0 Å². The number of rotatable bonds is 4. The van der Waals surface area contributed by atoms with E-state index in [2.05, 4.69) is 39.2 Å². The van der Waals surface area contributed by atoms with Gasteiger partial charge in [-0.3, -0.25) is 0 Å². The number of allylic oxidation sites excluding steroid dienone is 4. The summed E-state index contributed by atoms with van der Waals surface area (Å²) in [5, 5.41) is 0. The third-order valence-electron chi connectivity index (χ3n) is 3.53. The van der Waals surface area contributed by atoms with Gasteiger partial charge in [-0.1, -0.05) is 63.1 Å². The standard InChI is InChI=1S/C15H24/c1-5-12(2)6-9-14(4)15-10-7-13(3)8-11-15/h6,9,13,15H,2,4-5,7-8,10-11H2,1,3H3/b9-6-. The second kappa shape index (κ2) is 5.95. The molecule has 0 aromatic heterocycles. The molecule has 0 heterocycles. The largest absolute Gasteiger partial charge is 0.0958 e. The van der Waals surface area contributed by atoms with Crippen LogP contribution in [0.5, 0.6) is 0 Å². The Labute approximate surface area is 94.8 Å². The van der Waals surface area contributed by atoms with Gasteiger partial charge in [0.05, 0.1) is 0 Å². The Morgan fingerprint density at radius 2 is 1.73 bits per heavy atom. The predicted octanol–water partition coefficient (Wildman–Crippen LogP) is 4.89. The van der Waals surface area contributed by atoms with Gasteiger partial charge in [0, 0.05) is 0 Å². The molecule has 0 heteroatoms. The van der Waals surface area contributed by atoms with E-state index in [0.29, 0.717) is 0 Å². The fourth-order valence-corrected chi connectivity index (χ4v) is 2.11. The number of hydrogen-bond acceptors (Lipinski definition) is 0. The van der Waals surface area contributed by atoms with Crippen molar-refractivity contribution >= 4 is 0 Å². The van der Waals surface area contributed by atoms with Crippen LogP contribution in [0.4, 0.5) is 0 Å². The summed E-state index contributed by atoms with van der Waals surface area (Å²) in [5.41, 5.74) is 2.50. The van der Waals surface area contributed by atoms with Crippen LogP contribution in [0.25, 0.3) is 0 Å². The molecule has 0 spiro atoms. The maximum atomic E-state index is 4.18. The molecule has 0 amide bonds. The van der Waals surface area contributed by atoms with Crippen molar-refractivity contribution in [3.8, 4) is 0 Å². The van der Waals surface area contributed by atoms with E-state index in [9.17, 15) is 0 Å². The second-order valence-electron chi connectivity index (χ2n) is 4.88. The Bertz CT molecular complexity index is 249. The van der Waals surface area contributed by atoms with E-state index in [1.54, 1.807) is 0 Å². The molecule has 1 aliphatic rings. The Balaban J connectivity index is 2.40. The smallest absolute Gasteiger partial charge is 0.0168 e. The maximum Gasteiger partial charge on any atom is -0.0168 e. The molecule has 0 unspecified atom stereocenters. The molecule has 0 bridgehead atoms. The van der Waals surface area contributed by atoms with Crippen molar-refractivity contribution in [3.05, 3.63) is 36.5 Å². The molecule has 0 saturated heterocycles. The lowest BCUT2D eigenvalue weighted by molar-refractivity contribution is 0.324. The van der Waals surface area contributed by atoms with Crippen LogP contribution < -0.4 is 0 Å². The fraction of sp³-hybridized carbons (Fsp3) is 0.600. The molecular formula is C15H24. The summed E-state index contributed by atoms with van der Waals surface area (Å²) in [6.07, 6.45) is 10.7. The zero-order chi connectivity index (χ0) is 11.3. The van der Waals surface area contributed by atoms with Crippen molar-refractivity contribution in [1.29, 1.82) is 0 Å². The minimum absolute atomic E-state index is 0.724. The van der Waals surface area contributed by atoms with Crippen LogP contribution in [-0.4, -0.2) is 0 Å². The van der Waals surface area contributed by atoms with Gasteiger partial charge in [-0.05, 0) is 31.1 Å². The van der Waals surface area contributed by atoms with Crippen LogP contribution in [0.3, 0.4) is 0 Å². The monoisotopic (exact) mass is 204 g/mol. The highest BCUT2D eigenvalue weighted by atomic mass is 14.2. The summed E-state index contributed by atoms with van der Waals surface area (Å²) in [5.74, 6) is 1.64. The normalized spacial score (nSPS) is 26.8. The average Bonchev–Trinajstić information content (AvgIpc) is 2.26. The van der Waals surface area contributed by atoms with Gasteiger partial charge in [0.2, 0.25) is 0 Å². The lowest BCUT2D eigenvalue weighted by Crippen LogP contribution is -2.13. The minimum atomic E-state index is 0.724. The second-order valence-corrected chi connectivity index (χ2v) is 4.88. The lowest BCUT2D eigenvalue weighted by atomic mass is 9.79. The summed E-state index contributed by atoms with van der Waals surface area (Å²) in [6, 6.07) is 0. The van der Waals surface area contributed by atoms with E-state index < -0.39 is 0 Å². The molecule has 0 aromatic carbocycles. The topological polar surface area (TPSA) is 0 Å². The molecule has 0 nitrogen and oxygen atoms in total. The Morgan fingerprint density at radius 3 is 2.27 bits per heavy atom. The van der Waals surface area contributed by atoms with Crippen LogP contribution >= 0.6 is 0 Å². The Kier molecular flexibility index (Phi) is 4.87. The zero-order valence-electron chi connectivity index (χ0n) is 10.3. The van der Waals surface area contributed by atoms with Crippen molar-refractivity contribution in [1.82, 2.24) is 0 Å². The van der Waals surface area contributed by atoms with Crippen LogP contribution in [0, 0.1) is 11.8 Å². The Hall–Kier alpha value is -0.780. The van der Waals surface area contributed by atoms with Gasteiger partial charge in [0.25, 0.3) is 0 Å². The van der Waals surface area contributed by atoms with Gasteiger partial charge in [-0.25, -0.2) is 0 Å². The molecule has 1 aliphatic carbocycles. The first kappa shape index (κ1) is 12.3. The molecule has 0 aromatic rings. The fourth-order valence-electron chi connectivity index (χ4n) is 2.11. The lowest BCUT2D eigenvalue weighted by Gasteiger charge is -2.26. The van der Waals surface area contributed by atoms with Gasteiger partial charge >= 0.3 is 0 Å². The molecule has 84 valence electrons. The van der Waals surface area contributed by atoms with Crippen molar-refractivity contribution in [2.45, 2.75) is 46.0 Å². The predicted molar refractivity (Wildman–Crippen MR) is 68.8 cm³/mol. The first-order valence-electron chi connectivity index (χ1n) is 6.18. The van der Waals surface area contributed by atoms with Crippen molar-refractivity contribution in [2.24, 2.45) is 11.8 Å². The summed E-state index contributed by atoms with van der Waals surface area (Å²) >= 11 is 0. The third-order valence-corrected chi connectivity index (χ3v) is 3.53. The van der Waals surface area contributed by atoms with E-state index >= 15 is 0 Å². The van der Waals surface area contributed by atoms with E-state index in [4.69, 9.17) is 0 Å². The van der Waals surface area contributed by atoms with E-state index in [0.717, 1.165) is 18.3 Å². The molecule has 0 radical (unpaired) electrons. The molecule has 15 heavy (non-hydrogen) atoms. The molecular weight excluding hydrogens is 180 g/mol. The summed E-state index contributed by atoms with van der Waals surface area (Å²) in [6.45, 7) is 12.6. The Morgan fingerprint density at radius 1 is 1.13 bits per heavy atom. The van der Waals surface area contributed by atoms with E-state index in [1.165, 1.54) is 36.8 Å². The molecule has 1 fully saturated rings. The van der Waals surface area contributed by atoms with Gasteiger partial charge in [-0.2, -0.15) is 0 Å². The van der Waals surface area contributed by atoms with Gasteiger partial charge in [0.15, 0.2) is 0 Å². The van der Waals surface area contributed by atoms with Crippen molar-refractivity contribution in [3.63, 3.8) is 0 Å². The van der Waals surface area contributed by atoms with Crippen LogP contribution in [0.1, 0.15) is 46.0 Å². The maximum absolute atomic E-state index is 4.18. The minimum Gasteiger partial charge on any atom is -0.0958 e. The van der Waals surface area contributed by atoms with Gasteiger partial charge < -0.3 is 0 Å². The average molecular weight is 204 g/mol. The highest BCUT2D eigenvalue weighted by molar-refractivity contribution is 5.25. The van der Waals surface area contributed by atoms with Crippen LogP contribution in [0.15, 0.2) is 36.5 Å². The molecule has 1 saturated carbocycles. The SMILES string of the molecule is C=C(/C=C\C(=C)C1CCC(C)CC1)CC. The summed E-state index contributed by atoms with van der Waals surface area (Å²) < 4.78 is 0. The zero-order valence-corrected chi connectivity index (χ0v) is 10.3. The number of hydrogen-bond donors (Lipinski definition) is 0. The quantitative estimate of drug-likeness (QED) is 0.572. The molecule has 0 atom stereocenters. The highest BCUT2D eigenvalue weighted by Gasteiger charge is 2.18. The highest BCUT2D eigenvalue weighted by Crippen LogP contribution is 2.32. The van der Waals surface area contributed by atoms with E-state index in [1.807, 2.05) is 0 Å². The van der Waals surface area contributed by atoms with Crippen LogP contribution in [0.2, 0.25) is 0 Å².